The van der Waals surface area contributed by atoms with Crippen LogP contribution in [-0.2, 0) is 9.53 Å². The lowest BCUT2D eigenvalue weighted by Crippen LogP contribution is -2.05. The van der Waals surface area contributed by atoms with Gasteiger partial charge in [0.05, 0.1) is 19.9 Å². The SMILES string of the molecule is CCOC(=O)C(=Cc1cncc(OC)c1)N=[N+]=[N-]. The predicted molar refractivity (Wildman–Crippen MR) is 64.5 cm³/mol. The number of hydrogen-bond acceptors (Lipinski definition) is 5. The van der Waals surface area contributed by atoms with E-state index in [1.54, 1.807) is 13.0 Å². The van der Waals surface area contributed by atoms with Crippen LogP contribution in [0.4, 0.5) is 0 Å². The smallest absolute Gasteiger partial charge is 0.340 e. The van der Waals surface area contributed by atoms with E-state index in [9.17, 15) is 4.79 Å². The van der Waals surface area contributed by atoms with Crippen LogP contribution in [0, 0.1) is 0 Å². The van der Waals surface area contributed by atoms with E-state index in [1.165, 1.54) is 25.6 Å². The van der Waals surface area contributed by atoms with E-state index in [4.69, 9.17) is 15.0 Å². The van der Waals surface area contributed by atoms with Crippen molar-refractivity contribution >= 4 is 12.0 Å². The highest BCUT2D eigenvalue weighted by molar-refractivity contribution is 5.93. The Balaban J connectivity index is 3.07. The number of esters is 1. The lowest BCUT2D eigenvalue weighted by molar-refractivity contribution is -0.138. The van der Waals surface area contributed by atoms with Crippen LogP contribution in [0.1, 0.15) is 12.5 Å². The van der Waals surface area contributed by atoms with Gasteiger partial charge >= 0.3 is 5.97 Å². The van der Waals surface area contributed by atoms with Gasteiger partial charge in [-0.2, -0.15) is 0 Å². The molecule has 1 aromatic heterocycles. The molecule has 0 aliphatic rings. The second kappa shape index (κ2) is 6.93. The lowest BCUT2D eigenvalue weighted by Gasteiger charge is -2.02. The van der Waals surface area contributed by atoms with E-state index in [0.29, 0.717) is 11.3 Å². The number of carbonyl (C=O) groups excluding carboxylic acids is 1. The van der Waals surface area contributed by atoms with Gasteiger partial charge in [-0.15, -0.1) is 0 Å². The summed E-state index contributed by atoms with van der Waals surface area (Å²) in [5.41, 5.74) is 8.85. The molecule has 94 valence electrons. The molecule has 0 fully saturated rings. The average molecular weight is 248 g/mol. The summed E-state index contributed by atoms with van der Waals surface area (Å²) in [4.78, 5) is 18.0. The molecule has 0 aromatic carbocycles. The summed E-state index contributed by atoms with van der Waals surface area (Å²) in [7, 11) is 1.50. The number of rotatable bonds is 5. The lowest BCUT2D eigenvalue weighted by atomic mass is 10.2. The van der Waals surface area contributed by atoms with Gasteiger partial charge in [0.15, 0.2) is 0 Å². The fourth-order valence-corrected chi connectivity index (χ4v) is 1.17. The predicted octanol–water partition coefficient (Wildman–Crippen LogP) is 2.30. The maximum Gasteiger partial charge on any atom is 0.340 e. The Morgan fingerprint density at radius 1 is 1.61 bits per heavy atom. The first-order chi connectivity index (χ1) is 8.71. The van der Waals surface area contributed by atoms with Gasteiger partial charge < -0.3 is 9.47 Å². The molecule has 0 aliphatic carbocycles. The molecule has 7 nitrogen and oxygen atoms in total. The highest BCUT2D eigenvalue weighted by Gasteiger charge is 2.08. The molecule has 0 N–H and O–H groups in total. The van der Waals surface area contributed by atoms with Gasteiger partial charge in [-0.25, -0.2) is 4.79 Å². The fraction of sp³-hybridized carbons (Fsp3) is 0.273. The number of azide groups is 1. The molecule has 0 radical (unpaired) electrons. The molecule has 1 aromatic rings. The van der Waals surface area contributed by atoms with E-state index < -0.39 is 5.97 Å². The number of nitrogens with zero attached hydrogens (tertiary/aromatic N) is 4. The molecule has 0 bridgehead atoms. The largest absolute Gasteiger partial charge is 0.495 e. The summed E-state index contributed by atoms with van der Waals surface area (Å²) in [6.07, 6.45) is 4.41. The van der Waals surface area contributed by atoms with Gasteiger partial charge in [0, 0.05) is 11.1 Å². The summed E-state index contributed by atoms with van der Waals surface area (Å²) in [5, 5.41) is 3.29. The van der Waals surface area contributed by atoms with E-state index in [1.807, 2.05) is 0 Å². The van der Waals surface area contributed by atoms with Crippen LogP contribution in [0.2, 0.25) is 0 Å². The summed E-state index contributed by atoms with van der Waals surface area (Å²) < 4.78 is 9.75. The molecule has 0 saturated carbocycles. The third-order valence-electron chi connectivity index (χ3n) is 1.91. The van der Waals surface area contributed by atoms with E-state index >= 15 is 0 Å². The Bertz CT molecular complexity index is 507. The third-order valence-corrected chi connectivity index (χ3v) is 1.91. The highest BCUT2D eigenvalue weighted by atomic mass is 16.5. The van der Waals surface area contributed by atoms with Crippen molar-refractivity contribution in [3.8, 4) is 5.75 Å². The first kappa shape index (κ1) is 13.5. The molecule has 0 amide bonds. The molecule has 1 heterocycles. The van der Waals surface area contributed by atoms with Crippen LogP contribution >= 0.6 is 0 Å². The minimum absolute atomic E-state index is 0.130. The van der Waals surface area contributed by atoms with Crippen molar-refractivity contribution in [2.24, 2.45) is 5.11 Å². The van der Waals surface area contributed by atoms with Crippen LogP contribution in [0.5, 0.6) is 5.75 Å². The van der Waals surface area contributed by atoms with Gasteiger partial charge in [-0.1, -0.05) is 5.11 Å². The van der Waals surface area contributed by atoms with Crippen LogP contribution in [0.3, 0.4) is 0 Å². The van der Waals surface area contributed by atoms with Crippen molar-refractivity contribution < 1.29 is 14.3 Å². The van der Waals surface area contributed by atoms with E-state index in [0.717, 1.165) is 0 Å². The zero-order valence-corrected chi connectivity index (χ0v) is 10.0. The Labute approximate surface area is 104 Å². The minimum atomic E-state index is -0.682. The van der Waals surface area contributed by atoms with Crippen LogP contribution in [-0.4, -0.2) is 24.7 Å². The Hall–Kier alpha value is -2.53. The molecule has 1 rings (SSSR count). The third kappa shape index (κ3) is 3.80. The van der Waals surface area contributed by atoms with Crippen LogP contribution in [0.15, 0.2) is 29.3 Å². The number of hydrogen-bond donors (Lipinski definition) is 0. The first-order valence-electron chi connectivity index (χ1n) is 5.14. The maximum absolute atomic E-state index is 11.5. The molecule has 7 heteroatoms. The number of ether oxygens (including phenoxy) is 2. The molecule has 0 spiro atoms. The molecule has 18 heavy (non-hydrogen) atoms. The zero-order chi connectivity index (χ0) is 13.4. The van der Waals surface area contributed by atoms with Crippen LogP contribution < -0.4 is 4.74 Å². The summed E-state index contributed by atoms with van der Waals surface area (Å²) in [6, 6.07) is 1.65. The van der Waals surface area contributed by atoms with Crippen LogP contribution in [0.25, 0.3) is 16.5 Å². The quantitative estimate of drug-likeness (QED) is 0.262. The second-order valence-corrected chi connectivity index (χ2v) is 3.10. The van der Waals surface area contributed by atoms with Gasteiger partial charge in [0.1, 0.15) is 11.4 Å². The molecule has 0 saturated heterocycles. The van der Waals surface area contributed by atoms with Gasteiger partial charge in [0.25, 0.3) is 0 Å². The molecule has 0 unspecified atom stereocenters. The minimum Gasteiger partial charge on any atom is -0.495 e. The molecular weight excluding hydrogens is 236 g/mol. The van der Waals surface area contributed by atoms with Gasteiger partial charge in [0.2, 0.25) is 0 Å². The Morgan fingerprint density at radius 2 is 2.39 bits per heavy atom. The zero-order valence-electron chi connectivity index (χ0n) is 10.0. The summed E-state index contributed by atoms with van der Waals surface area (Å²) >= 11 is 0. The van der Waals surface area contributed by atoms with Crippen molar-refractivity contribution in [3.05, 3.63) is 40.2 Å². The standard InChI is InChI=1S/C11H12N4O3/c1-3-18-11(16)10(14-15-12)5-8-4-9(17-2)7-13-6-8/h4-7H,3H2,1-2H3. The van der Waals surface area contributed by atoms with E-state index in [-0.39, 0.29) is 12.3 Å². The normalized spacial score (nSPS) is 10.4. The van der Waals surface area contributed by atoms with Gasteiger partial charge in [-0.3, -0.25) is 4.98 Å². The molecule has 0 aliphatic heterocycles. The Morgan fingerprint density at radius 3 is 3.00 bits per heavy atom. The monoisotopic (exact) mass is 248 g/mol. The van der Waals surface area contributed by atoms with Gasteiger partial charge in [-0.05, 0) is 30.2 Å². The Kier molecular flexibility index (Phi) is 5.21. The second-order valence-electron chi connectivity index (χ2n) is 3.10. The first-order valence-corrected chi connectivity index (χ1v) is 5.14. The fourth-order valence-electron chi connectivity index (χ4n) is 1.17. The molecule has 0 atom stereocenters. The van der Waals surface area contributed by atoms with Crippen molar-refractivity contribution in [3.63, 3.8) is 0 Å². The maximum atomic E-state index is 11.5. The summed E-state index contributed by atoms with van der Waals surface area (Å²) in [6.45, 7) is 1.87. The van der Waals surface area contributed by atoms with Crippen molar-refractivity contribution in [1.82, 2.24) is 4.98 Å². The number of pyridine rings is 1. The number of methoxy groups -OCH3 is 1. The topological polar surface area (TPSA) is 97.2 Å². The van der Waals surface area contributed by atoms with Crippen molar-refractivity contribution in [2.45, 2.75) is 6.92 Å². The average Bonchev–Trinajstić information content (AvgIpc) is 2.39. The summed E-state index contributed by atoms with van der Waals surface area (Å²) in [5.74, 6) is -0.147. The number of carbonyl (C=O) groups is 1. The number of aromatic nitrogens is 1. The van der Waals surface area contributed by atoms with Crippen molar-refractivity contribution in [1.29, 1.82) is 0 Å². The van der Waals surface area contributed by atoms with Crippen molar-refractivity contribution in [2.75, 3.05) is 13.7 Å². The van der Waals surface area contributed by atoms with E-state index in [2.05, 4.69) is 15.0 Å². The molecular formula is C11H12N4O3. The highest BCUT2D eigenvalue weighted by Crippen LogP contribution is 2.14.